The number of benzene rings is 2. The van der Waals surface area contributed by atoms with E-state index in [4.69, 9.17) is 11.6 Å². The first-order chi connectivity index (χ1) is 12.0. The molecule has 1 fully saturated rings. The van der Waals surface area contributed by atoms with Crippen LogP contribution in [0, 0.1) is 24.6 Å². The molecule has 0 saturated heterocycles. The van der Waals surface area contributed by atoms with Crippen LogP contribution in [0.5, 0.6) is 0 Å². The normalized spacial score (nSPS) is 22.6. The van der Waals surface area contributed by atoms with E-state index in [-0.39, 0.29) is 28.4 Å². The molecule has 2 nitrogen and oxygen atoms in total. The van der Waals surface area contributed by atoms with Gasteiger partial charge in [0, 0.05) is 11.8 Å². The molecule has 0 unspecified atom stereocenters. The van der Waals surface area contributed by atoms with Crippen molar-refractivity contribution >= 4 is 23.0 Å². The molecule has 1 saturated carbocycles. The van der Waals surface area contributed by atoms with Gasteiger partial charge in [-0.05, 0) is 66.6 Å². The molecule has 128 valence electrons. The second-order valence-corrected chi connectivity index (χ2v) is 7.40. The summed E-state index contributed by atoms with van der Waals surface area (Å²) in [5, 5.41) is 10.7. The van der Waals surface area contributed by atoms with Crippen molar-refractivity contribution in [1.29, 1.82) is 0 Å². The van der Waals surface area contributed by atoms with E-state index in [2.05, 4.69) is 0 Å². The molecule has 0 radical (unpaired) electrons. The summed E-state index contributed by atoms with van der Waals surface area (Å²) < 4.78 is 13.4. The maximum atomic E-state index is 13.4. The molecule has 0 amide bonds. The molecule has 2 aromatic carbocycles. The average molecular weight is 357 g/mol. The molecule has 2 aliphatic rings. The SMILES string of the molecule is Cc1ccc(-c2ccc(F)c(Cl)c2)cc1C1=C(O)[C@@H]2CC[C@@H](C2)C1=O. The van der Waals surface area contributed by atoms with Gasteiger partial charge in [-0.1, -0.05) is 29.8 Å². The largest absolute Gasteiger partial charge is 0.511 e. The van der Waals surface area contributed by atoms with E-state index in [1.807, 2.05) is 25.1 Å². The first-order valence-electron chi connectivity index (χ1n) is 8.49. The molecule has 2 aliphatic carbocycles. The predicted molar refractivity (Wildman–Crippen MR) is 97.0 cm³/mol. The van der Waals surface area contributed by atoms with Crippen molar-refractivity contribution in [2.45, 2.75) is 26.2 Å². The summed E-state index contributed by atoms with van der Waals surface area (Å²) in [5.74, 6) is -0.0582. The topological polar surface area (TPSA) is 37.3 Å². The minimum atomic E-state index is -0.461. The van der Waals surface area contributed by atoms with Crippen molar-refractivity contribution in [3.63, 3.8) is 0 Å². The summed E-state index contributed by atoms with van der Waals surface area (Å²) in [6.07, 6.45) is 2.49. The lowest BCUT2D eigenvalue weighted by atomic mass is 9.81. The highest BCUT2D eigenvalue weighted by Gasteiger charge is 2.41. The molecule has 1 N–H and O–H groups in total. The van der Waals surface area contributed by atoms with Gasteiger partial charge in [0.25, 0.3) is 0 Å². The zero-order valence-corrected chi connectivity index (χ0v) is 14.6. The van der Waals surface area contributed by atoms with E-state index in [1.165, 1.54) is 6.07 Å². The average Bonchev–Trinajstić information content (AvgIpc) is 3.05. The van der Waals surface area contributed by atoms with Crippen molar-refractivity contribution in [2.24, 2.45) is 11.8 Å². The Balaban J connectivity index is 1.84. The fraction of sp³-hybridized carbons (Fsp3) is 0.286. The van der Waals surface area contributed by atoms with Gasteiger partial charge in [0.15, 0.2) is 5.78 Å². The number of allylic oxidation sites excluding steroid dienone is 2. The van der Waals surface area contributed by atoms with E-state index in [1.54, 1.807) is 12.1 Å². The van der Waals surface area contributed by atoms with Crippen LogP contribution in [-0.2, 0) is 4.79 Å². The quantitative estimate of drug-likeness (QED) is 0.746. The monoisotopic (exact) mass is 356 g/mol. The highest BCUT2D eigenvalue weighted by Crippen LogP contribution is 2.46. The summed E-state index contributed by atoms with van der Waals surface area (Å²) in [6.45, 7) is 1.93. The number of Topliss-reactive ketones (excluding diaryl/α,β-unsaturated/α-hetero) is 1. The summed E-state index contributed by atoms with van der Waals surface area (Å²) in [7, 11) is 0. The zero-order chi connectivity index (χ0) is 17.7. The molecular weight excluding hydrogens is 339 g/mol. The Morgan fingerprint density at radius 1 is 1.08 bits per heavy atom. The molecule has 2 aromatic rings. The Hall–Kier alpha value is -2.13. The lowest BCUT2D eigenvalue weighted by molar-refractivity contribution is -0.117. The molecule has 4 heteroatoms. The summed E-state index contributed by atoms with van der Waals surface area (Å²) in [4.78, 5) is 12.8. The van der Waals surface area contributed by atoms with Crippen molar-refractivity contribution in [1.82, 2.24) is 0 Å². The number of carbonyl (C=O) groups excluding carboxylic acids is 1. The molecule has 4 rings (SSSR count). The number of aliphatic hydroxyl groups is 1. The lowest BCUT2D eigenvalue weighted by Crippen LogP contribution is -2.21. The van der Waals surface area contributed by atoms with Crippen molar-refractivity contribution in [3.8, 4) is 11.1 Å². The maximum Gasteiger partial charge on any atom is 0.169 e. The van der Waals surface area contributed by atoms with Gasteiger partial charge in [-0.15, -0.1) is 0 Å². The first-order valence-corrected chi connectivity index (χ1v) is 8.87. The maximum absolute atomic E-state index is 13.4. The van der Waals surface area contributed by atoms with Gasteiger partial charge in [-0.25, -0.2) is 4.39 Å². The summed E-state index contributed by atoms with van der Waals surface area (Å²) in [6, 6.07) is 10.3. The fourth-order valence-electron chi connectivity index (χ4n) is 4.02. The third-order valence-electron chi connectivity index (χ3n) is 5.45. The van der Waals surface area contributed by atoms with Gasteiger partial charge in [0.2, 0.25) is 0 Å². The minimum absolute atomic E-state index is 0.0271. The van der Waals surface area contributed by atoms with Crippen LogP contribution in [0.4, 0.5) is 4.39 Å². The van der Waals surface area contributed by atoms with Crippen LogP contribution in [-0.4, -0.2) is 10.9 Å². The van der Waals surface area contributed by atoms with Crippen LogP contribution in [0.2, 0.25) is 5.02 Å². The number of ketones is 1. The van der Waals surface area contributed by atoms with Crippen LogP contribution in [0.3, 0.4) is 0 Å². The van der Waals surface area contributed by atoms with Crippen molar-refractivity contribution in [2.75, 3.05) is 0 Å². The molecule has 0 spiro atoms. The predicted octanol–water partition coefficient (Wildman–Crippen LogP) is 5.72. The number of fused-ring (bicyclic) bond motifs is 2. The number of aliphatic hydroxyl groups excluding tert-OH is 1. The third kappa shape index (κ3) is 2.67. The number of carbonyl (C=O) groups is 1. The van der Waals surface area contributed by atoms with Crippen LogP contribution in [0.15, 0.2) is 42.2 Å². The van der Waals surface area contributed by atoms with Crippen molar-refractivity contribution < 1.29 is 14.3 Å². The first kappa shape index (κ1) is 16.3. The second kappa shape index (κ2) is 5.99. The Bertz CT molecular complexity index is 916. The smallest absolute Gasteiger partial charge is 0.169 e. The minimum Gasteiger partial charge on any atom is -0.511 e. The van der Waals surface area contributed by atoms with Gasteiger partial charge < -0.3 is 5.11 Å². The Labute approximate surface area is 150 Å². The summed E-state index contributed by atoms with van der Waals surface area (Å²) >= 11 is 5.90. The van der Waals surface area contributed by atoms with Gasteiger partial charge in [-0.3, -0.25) is 4.79 Å². The number of aryl methyl sites for hydroxylation is 1. The third-order valence-corrected chi connectivity index (χ3v) is 5.74. The lowest BCUT2D eigenvalue weighted by Gasteiger charge is -2.23. The molecular formula is C21H18ClFO2. The van der Waals surface area contributed by atoms with E-state index in [0.29, 0.717) is 5.57 Å². The molecule has 0 heterocycles. The molecule has 0 aromatic heterocycles. The van der Waals surface area contributed by atoms with E-state index in [9.17, 15) is 14.3 Å². The molecule has 0 aliphatic heterocycles. The van der Waals surface area contributed by atoms with E-state index < -0.39 is 5.82 Å². The van der Waals surface area contributed by atoms with Gasteiger partial charge >= 0.3 is 0 Å². The summed E-state index contributed by atoms with van der Waals surface area (Å²) in [5.41, 5.74) is 3.78. The number of rotatable bonds is 2. The number of hydrogen-bond donors (Lipinski definition) is 1. The van der Waals surface area contributed by atoms with E-state index >= 15 is 0 Å². The molecule has 2 bridgehead atoms. The second-order valence-electron chi connectivity index (χ2n) is 6.99. The Morgan fingerprint density at radius 2 is 1.76 bits per heavy atom. The van der Waals surface area contributed by atoms with Crippen LogP contribution in [0.25, 0.3) is 16.7 Å². The molecule has 25 heavy (non-hydrogen) atoms. The van der Waals surface area contributed by atoms with E-state index in [0.717, 1.165) is 41.5 Å². The molecule has 2 atom stereocenters. The standard InChI is InChI=1S/C21H18ClFO2/c1-11-2-3-12(13-6-7-18(23)17(22)10-13)9-16(11)19-20(24)14-4-5-15(8-14)21(19)25/h2-3,6-7,9-10,14-15,24H,4-5,8H2,1H3/t14-,15+/m1/s1. The van der Waals surface area contributed by atoms with Gasteiger partial charge in [-0.2, -0.15) is 0 Å². The highest BCUT2D eigenvalue weighted by molar-refractivity contribution is 6.31. The number of halogens is 2. The highest BCUT2D eigenvalue weighted by atomic mass is 35.5. The van der Waals surface area contributed by atoms with Crippen LogP contribution in [0.1, 0.15) is 30.4 Å². The zero-order valence-electron chi connectivity index (χ0n) is 13.9. The fourth-order valence-corrected chi connectivity index (χ4v) is 4.20. The van der Waals surface area contributed by atoms with Gasteiger partial charge in [0.1, 0.15) is 11.6 Å². The van der Waals surface area contributed by atoms with Gasteiger partial charge in [0.05, 0.1) is 10.6 Å². The van der Waals surface area contributed by atoms with Crippen LogP contribution >= 0.6 is 11.6 Å². The number of hydrogen-bond acceptors (Lipinski definition) is 2. The Morgan fingerprint density at radius 3 is 2.52 bits per heavy atom. The van der Waals surface area contributed by atoms with Crippen molar-refractivity contribution in [3.05, 3.63) is 64.1 Å². The Kier molecular flexibility index (Phi) is 3.92. The van der Waals surface area contributed by atoms with Crippen LogP contribution < -0.4 is 0 Å².